The summed E-state index contributed by atoms with van der Waals surface area (Å²) in [5, 5.41) is 9.73. The standard InChI is InChI=1S/C18H15F3N4O2/c1-10-6-7-14(27-10)15-12(8-22-24-15)16-23-13-5-3-2-4-11(13)17(26)25(16)9-18(19,20)21/h2-8,16,23H,9H2,1H3,(H,22,24). The molecule has 1 amide bonds. The van der Waals surface area contributed by atoms with Crippen LogP contribution in [0.4, 0.5) is 18.9 Å². The number of carbonyl (C=O) groups is 1. The quantitative estimate of drug-likeness (QED) is 0.722. The summed E-state index contributed by atoms with van der Waals surface area (Å²) >= 11 is 0. The van der Waals surface area contributed by atoms with Crippen molar-refractivity contribution in [3.8, 4) is 11.5 Å². The zero-order chi connectivity index (χ0) is 19.2. The molecule has 1 atom stereocenters. The van der Waals surface area contributed by atoms with Crippen molar-refractivity contribution in [2.45, 2.75) is 19.3 Å². The van der Waals surface area contributed by atoms with Gasteiger partial charge in [-0.15, -0.1) is 0 Å². The number of fused-ring (bicyclic) bond motifs is 1. The summed E-state index contributed by atoms with van der Waals surface area (Å²) in [4.78, 5) is 13.5. The van der Waals surface area contributed by atoms with E-state index in [1.165, 1.54) is 12.3 Å². The average molecular weight is 376 g/mol. The fraction of sp³-hybridized carbons (Fsp3) is 0.222. The first-order valence-corrected chi connectivity index (χ1v) is 8.17. The minimum absolute atomic E-state index is 0.192. The number of para-hydroxylation sites is 1. The SMILES string of the molecule is Cc1ccc(-c2[nH]ncc2C2Nc3ccccc3C(=O)N2CC(F)(F)F)o1. The van der Waals surface area contributed by atoms with Gasteiger partial charge in [0.25, 0.3) is 5.91 Å². The maximum absolute atomic E-state index is 13.2. The first kappa shape index (κ1) is 17.2. The van der Waals surface area contributed by atoms with Gasteiger partial charge in [0.2, 0.25) is 0 Å². The molecule has 140 valence electrons. The summed E-state index contributed by atoms with van der Waals surface area (Å²) in [6.07, 6.45) is -4.20. The minimum Gasteiger partial charge on any atom is -0.460 e. The number of aromatic amines is 1. The van der Waals surface area contributed by atoms with E-state index in [1.807, 2.05) is 0 Å². The molecule has 0 spiro atoms. The number of benzene rings is 1. The maximum Gasteiger partial charge on any atom is 0.406 e. The van der Waals surface area contributed by atoms with Crippen LogP contribution in [-0.2, 0) is 0 Å². The fourth-order valence-electron chi connectivity index (χ4n) is 3.16. The lowest BCUT2D eigenvalue weighted by molar-refractivity contribution is -0.144. The molecule has 0 saturated heterocycles. The third-order valence-electron chi connectivity index (χ3n) is 4.32. The van der Waals surface area contributed by atoms with E-state index >= 15 is 0 Å². The second-order valence-electron chi connectivity index (χ2n) is 6.25. The van der Waals surface area contributed by atoms with E-state index in [0.717, 1.165) is 4.90 Å². The van der Waals surface area contributed by atoms with Gasteiger partial charge in [-0.2, -0.15) is 18.3 Å². The molecular weight excluding hydrogens is 361 g/mol. The van der Waals surface area contributed by atoms with Gasteiger partial charge in [-0.05, 0) is 31.2 Å². The van der Waals surface area contributed by atoms with Crippen LogP contribution in [0, 0.1) is 6.92 Å². The lowest BCUT2D eigenvalue weighted by atomic mass is 10.0. The van der Waals surface area contributed by atoms with Crippen molar-refractivity contribution in [3.63, 3.8) is 0 Å². The van der Waals surface area contributed by atoms with Crippen molar-refractivity contribution in [3.05, 3.63) is 59.5 Å². The van der Waals surface area contributed by atoms with Gasteiger partial charge in [-0.25, -0.2) is 0 Å². The summed E-state index contributed by atoms with van der Waals surface area (Å²) in [6.45, 7) is 0.369. The molecule has 3 aromatic rings. The normalized spacial score (nSPS) is 17.0. The molecule has 1 aromatic carbocycles. The van der Waals surface area contributed by atoms with Crippen LogP contribution in [0.3, 0.4) is 0 Å². The molecule has 4 rings (SSSR count). The highest BCUT2D eigenvalue weighted by molar-refractivity contribution is 6.01. The van der Waals surface area contributed by atoms with E-state index in [2.05, 4.69) is 15.5 Å². The number of aromatic nitrogens is 2. The van der Waals surface area contributed by atoms with Crippen molar-refractivity contribution in [2.75, 3.05) is 11.9 Å². The van der Waals surface area contributed by atoms with Crippen molar-refractivity contribution >= 4 is 11.6 Å². The summed E-state index contributed by atoms with van der Waals surface area (Å²) in [7, 11) is 0. The van der Waals surface area contributed by atoms with E-state index in [4.69, 9.17) is 4.42 Å². The lowest BCUT2D eigenvalue weighted by Gasteiger charge is -2.38. The molecule has 0 radical (unpaired) electrons. The number of alkyl halides is 3. The molecule has 9 heteroatoms. The Kier molecular flexibility index (Phi) is 3.94. The molecule has 6 nitrogen and oxygen atoms in total. The second kappa shape index (κ2) is 6.19. The van der Waals surface area contributed by atoms with E-state index in [0.29, 0.717) is 28.5 Å². The summed E-state index contributed by atoms with van der Waals surface area (Å²) in [6, 6.07) is 9.90. The smallest absolute Gasteiger partial charge is 0.406 e. The molecule has 2 N–H and O–H groups in total. The van der Waals surface area contributed by atoms with Gasteiger partial charge >= 0.3 is 6.18 Å². The Bertz CT molecular complexity index is 992. The van der Waals surface area contributed by atoms with E-state index < -0.39 is 24.8 Å². The van der Waals surface area contributed by atoms with Gasteiger partial charge in [0, 0.05) is 11.3 Å². The third kappa shape index (κ3) is 3.16. The number of hydrogen-bond donors (Lipinski definition) is 2. The first-order chi connectivity index (χ1) is 12.8. The van der Waals surface area contributed by atoms with Crippen molar-refractivity contribution in [1.29, 1.82) is 0 Å². The predicted octanol–water partition coefficient (Wildman–Crippen LogP) is 4.11. The molecular formula is C18H15F3N4O2. The van der Waals surface area contributed by atoms with E-state index in [9.17, 15) is 18.0 Å². The molecule has 1 unspecified atom stereocenters. The highest BCUT2D eigenvalue weighted by Crippen LogP contribution is 2.38. The number of anilines is 1. The zero-order valence-corrected chi connectivity index (χ0v) is 14.2. The van der Waals surface area contributed by atoms with Gasteiger partial charge in [0.1, 0.15) is 24.2 Å². The van der Waals surface area contributed by atoms with Crippen molar-refractivity contribution < 1.29 is 22.4 Å². The fourth-order valence-corrected chi connectivity index (χ4v) is 3.16. The average Bonchev–Trinajstić information content (AvgIpc) is 3.25. The topological polar surface area (TPSA) is 74.2 Å². The minimum atomic E-state index is -4.55. The van der Waals surface area contributed by atoms with Crippen LogP contribution < -0.4 is 5.32 Å². The number of rotatable bonds is 3. The van der Waals surface area contributed by atoms with Crippen LogP contribution in [0.5, 0.6) is 0 Å². The van der Waals surface area contributed by atoms with E-state index in [-0.39, 0.29) is 5.56 Å². The molecule has 1 aliphatic heterocycles. The number of aryl methyl sites for hydroxylation is 1. The van der Waals surface area contributed by atoms with Gasteiger partial charge < -0.3 is 14.6 Å². The van der Waals surface area contributed by atoms with Gasteiger partial charge in [0.05, 0.1) is 11.8 Å². The number of halogens is 3. The Balaban J connectivity index is 1.81. The number of amides is 1. The van der Waals surface area contributed by atoms with Gasteiger partial charge in [0.15, 0.2) is 5.76 Å². The number of H-pyrrole nitrogens is 1. The highest BCUT2D eigenvalue weighted by Gasteiger charge is 2.41. The number of furan rings is 1. The summed E-state index contributed by atoms with van der Waals surface area (Å²) < 4.78 is 45.1. The lowest BCUT2D eigenvalue weighted by Crippen LogP contribution is -2.47. The van der Waals surface area contributed by atoms with Crippen LogP contribution in [0.2, 0.25) is 0 Å². The Labute approximate surface area is 152 Å². The zero-order valence-electron chi connectivity index (χ0n) is 14.2. The number of hydrogen-bond acceptors (Lipinski definition) is 4. The number of carbonyl (C=O) groups excluding carboxylic acids is 1. The Morgan fingerprint density at radius 3 is 2.70 bits per heavy atom. The van der Waals surface area contributed by atoms with Crippen LogP contribution in [0.25, 0.3) is 11.5 Å². The Morgan fingerprint density at radius 2 is 2.00 bits per heavy atom. The summed E-state index contributed by atoms with van der Waals surface area (Å²) in [5.41, 5.74) is 1.46. The van der Waals surface area contributed by atoms with Crippen molar-refractivity contribution in [2.24, 2.45) is 0 Å². The highest BCUT2D eigenvalue weighted by atomic mass is 19.4. The Morgan fingerprint density at radius 1 is 1.22 bits per heavy atom. The predicted molar refractivity (Wildman–Crippen MR) is 90.9 cm³/mol. The van der Waals surface area contributed by atoms with Gasteiger partial charge in [-0.3, -0.25) is 9.89 Å². The first-order valence-electron chi connectivity index (χ1n) is 8.17. The molecule has 0 fully saturated rings. The van der Waals surface area contributed by atoms with Crippen molar-refractivity contribution in [1.82, 2.24) is 15.1 Å². The maximum atomic E-state index is 13.2. The molecule has 0 aliphatic carbocycles. The van der Waals surface area contributed by atoms with Crippen LogP contribution in [-0.4, -0.2) is 33.7 Å². The third-order valence-corrected chi connectivity index (χ3v) is 4.32. The molecule has 0 bridgehead atoms. The summed E-state index contributed by atoms with van der Waals surface area (Å²) in [5.74, 6) is 0.380. The van der Waals surface area contributed by atoms with Crippen LogP contribution in [0.15, 0.2) is 47.0 Å². The van der Waals surface area contributed by atoms with Gasteiger partial charge in [-0.1, -0.05) is 12.1 Å². The molecule has 1 aliphatic rings. The largest absolute Gasteiger partial charge is 0.460 e. The molecule has 2 aromatic heterocycles. The Hall–Kier alpha value is -3.23. The molecule has 27 heavy (non-hydrogen) atoms. The molecule has 3 heterocycles. The van der Waals surface area contributed by atoms with Crippen LogP contribution >= 0.6 is 0 Å². The number of nitrogens with one attached hydrogen (secondary N) is 2. The second-order valence-corrected chi connectivity index (χ2v) is 6.25. The van der Waals surface area contributed by atoms with E-state index in [1.54, 1.807) is 37.3 Å². The number of nitrogens with zero attached hydrogens (tertiary/aromatic N) is 2. The van der Waals surface area contributed by atoms with Crippen LogP contribution in [0.1, 0.15) is 27.8 Å². The molecule has 0 saturated carbocycles. The monoisotopic (exact) mass is 376 g/mol.